The van der Waals surface area contributed by atoms with Crippen LogP contribution in [0.15, 0.2) is 72.8 Å². The highest BCUT2D eigenvalue weighted by atomic mass is 35.5. The summed E-state index contributed by atoms with van der Waals surface area (Å²) in [7, 11) is 0. The van der Waals surface area contributed by atoms with Crippen molar-refractivity contribution in [1.82, 2.24) is 0 Å². The zero-order chi connectivity index (χ0) is 21.7. The van der Waals surface area contributed by atoms with E-state index >= 15 is 0 Å². The molecule has 0 N–H and O–H groups in total. The number of imide groups is 1. The van der Waals surface area contributed by atoms with Crippen LogP contribution in [0.25, 0.3) is 0 Å². The number of fused-ring (bicyclic) bond motifs is 1. The number of hydrogen-bond donors (Lipinski definition) is 0. The third-order valence-electron chi connectivity index (χ3n) is 5.48. The van der Waals surface area contributed by atoms with Gasteiger partial charge in [-0.25, -0.2) is 9.96 Å². The molecule has 3 atom stereocenters. The highest BCUT2D eigenvalue weighted by Gasteiger charge is 2.60. The van der Waals surface area contributed by atoms with Gasteiger partial charge in [0.1, 0.15) is 5.92 Å². The van der Waals surface area contributed by atoms with Crippen LogP contribution in [0, 0.1) is 5.92 Å². The Morgan fingerprint density at radius 1 is 0.742 bits per heavy atom. The van der Waals surface area contributed by atoms with Gasteiger partial charge >= 0.3 is 0 Å². The Hall–Kier alpha value is -2.57. The first-order valence-corrected chi connectivity index (χ1v) is 10.7. The topological polar surface area (TPSA) is 49.9 Å². The molecule has 0 spiro atoms. The van der Waals surface area contributed by atoms with Gasteiger partial charge in [-0.1, -0.05) is 65.1 Å². The fourth-order valence-corrected chi connectivity index (χ4v) is 4.61. The summed E-state index contributed by atoms with van der Waals surface area (Å²) in [6, 6.07) is 20.7. The van der Waals surface area contributed by atoms with E-state index in [1.54, 1.807) is 29.3 Å². The van der Waals surface area contributed by atoms with Crippen molar-refractivity contribution in [3.63, 3.8) is 0 Å². The van der Waals surface area contributed by atoms with Gasteiger partial charge in [-0.3, -0.25) is 14.4 Å². The smallest absolute Gasteiger partial charge is 0.266 e. The minimum absolute atomic E-state index is 0.259. The molecule has 0 saturated carbocycles. The van der Waals surface area contributed by atoms with E-state index in [-0.39, 0.29) is 10.9 Å². The van der Waals surface area contributed by atoms with Crippen LogP contribution in [-0.4, -0.2) is 17.9 Å². The molecule has 156 valence electrons. The number of nitrogens with zero attached hydrogens (tertiary/aromatic N) is 2. The molecule has 2 aliphatic heterocycles. The Morgan fingerprint density at radius 3 is 2.23 bits per heavy atom. The molecule has 2 heterocycles. The summed E-state index contributed by atoms with van der Waals surface area (Å²) in [5, 5.41) is 2.76. The zero-order valence-electron chi connectivity index (χ0n) is 15.9. The standard InChI is InChI=1S/C23H15Cl3N2O3/c24-14-6-4-5-13(11-14)20-19-21(31-28(20)15-7-2-1-3-8-15)23(30)27(22(19)29)16-9-10-17(25)18(26)12-16/h1-12,19-21H/t19-,20-,21-/m1/s1. The number of anilines is 2. The number of carbonyl (C=O) groups excluding carboxylic acids is 2. The van der Waals surface area contributed by atoms with E-state index < -0.39 is 24.0 Å². The van der Waals surface area contributed by atoms with Gasteiger partial charge in [0.25, 0.3) is 5.91 Å². The summed E-state index contributed by atoms with van der Waals surface area (Å²) >= 11 is 18.3. The molecule has 2 fully saturated rings. The van der Waals surface area contributed by atoms with Gasteiger partial charge in [0.2, 0.25) is 5.91 Å². The van der Waals surface area contributed by atoms with Crippen LogP contribution in [0.5, 0.6) is 0 Å². The molecule has 0 unspecified atom stereocenters. The second kappa shape index (κ2) is 7.84. The molecule has 2 amide bonds. The summed E-state index contributed by atoms with van der Waals surface area (Å²) in [5.41, 5.74) is 1.88. The number of hydroxylamine groups is 1. The van der Waals surface area contributed by atoms with Crippen LogP contribution in [-0.2, 0) is 14.4 Å². The minimum Gasteiger partial charge on any atom is -0.273 e. The largest absolute Gasteiger partial charge is 0.273 e. The fraction of sp³-hybridized carbons (Fsp3) is 0.130. The zero-order valence-corrected chi connectivity index (χ0v) is 18.2. The van der Waals surface area contributed by atoms with E-state index in [1.165, 1.54) is 6.07 Å². The number of rotatable bonds is 3. The highest BCUT2D eigenvalue weighted by Crippen LogP contribution is 2.48. The normalized spacial score (nSPS) is 22.9. The third kappa shape index (κ3) is 3.38. The Morgan fingerprint density at radius 2 is 1.52 bits per heavy atom. The molecule has 2 saturated heterocycles. The predicted octanol–water partition coefficient (Wildman–Crippen LogP) is 5.70. The predicted molar refractivity (Wildman–Crippen MR) is 120 cm³/mol. The first kappa shape index (κ1) is 20.3. The number of amides is 2. The van der Waals surface area contributed by atoms with Gasteiger partial charge in [0.05, 0.1) is 27.5 Å². The van der Waals surface area contributed by atoms with Gasteiger partial charge in [-0.2, -0.15) is 0 Å². The number of benzene rings is 3. The maximum Gasteiger partial charge on any atom is 0.266 e. The summed E-state index contributed by atoms with van der Waals surface area (Å²) < 4.78 is 0. The van der Waals surface area contributed by atoms with E-state index in [1.807, 2.05) is 42.5 Å². The lowest BCUT2D eigenvalue weighted by Gasteiger charge is -2.28. The van der Waals surface area contributed by atoms with Gasteiger partial charge in [0, 0.05) is 5.02 Å². The highest BCUT2D eigenvalue weighted by molar-refractivity contribution is 6.42. The molecule has 0 bridgehead atoms. The van der Waals surface area contributed by atoms with Crippen molar-refractivity contribution in [1.29, 1.82) is 0 Å². The van der Waals surface area contributed by atoms with Gasteiger partial charge < -0.3 is 0 Å². The van der Waals surface area contributed by atoms with E-state index in [0.29, 0.717) is 15.7 Å². The molecule has 8 heteroatoms. The van der Waals surface area contributed by atoms with Gasteiger partial charge in [-0.05, 0) is 48.0 Å². The summed E-state index contributed by atoms with van der Waals surface area (Å²) in [5.74, 6) is -1.56. The maximum atomic E-state index is 13.5. The summed E-state index contributed by atoms with van der Waals surface area (Å²) in [6.45, 7) is 0. The van der Waals surface area contributed by atoms with E-state index in [4.69, 9.17) is 39.6 Å². The summed E-state index contributed by atoms with van der Waals surface area (Å²) in [4.78, 5) is 34.0. The second-order valence-electron chi connectivity index (χ2n) is 7.32. The molecule has 0 aliphatic carbocycles. The molecule has 5 nitrogen and oxygen atoms in total. The Balaban J connectivity index is 1.59. The molecular formula is C23H15Cl3N2O3. The Kier molecular flexibility index (Phi) is 5.15. The van der Waals surface area contributed by atoms with Crippen LogP contribution in [0.4, 0.5) is 11.4 Å². The van der Waals surface area contributed by atoms with Crippen LogP contribution in [0.2, 0.25) is 15.1 Å². The summed E-state index contributed by atoms with van der Waals surface area (Å²) in [6.07, 6.45) is -0.967. The van der Waals surface area contributed by atoms with Crippen molar-refractivity contribution in [3.8, 4) is 0 Å². The number of halogens is 3. The molecule has 0 radical (unpaired) electrons. The van der Waals surface area contributed by atoms with Gasteiger partial charge in [-0.15, -0.1) is 0 Å². The molecule has 3 aromatic carbocycles. The lowest BCUT2D eigenvalue weighted by atomic mass is 9.90. The SMILES string of the molecule is O=C1[C@@H]2[C@@H](c3cccc(Cl)c3)N(c3ccccc3)O[C@H]2C(=O)N1c1ccc(Cl)c(Cl)c1. The maximum absolute atomic E-state index is 13.5. The van der Waals surface area contributed by atoms with Crippen molar-refractivity contribution in [2.75, 3.05) is 9.96 Å². The third-order valence-corrected chi connectivity index (χ3v) is 6.45. The lowest BCUT2D eigenvalue weighted by molar-refractivity contribution is -0.126. The monoisotopic (exact) mass is 472 g/mol. The van der Waals surface area contributed by atoms with E-state index in [9.17, 15) is 9.59 Å². The van der Waals surface area contributed by atoms with Crippen LogP contribution in [0.1, 0.15) is 11.6 Å². The number of carbonyl (C=O) groups is 2. The quantitative estimate of drug-likeness (QED) is 0.458. The van der Waals surface area contributed by atoms with Crippen LogP contribution >= 0.6 is 34.8 Å². The molecule has 31 heavy (non-hydrogen) atoms. The number of hydrogen-bond acceptors (Lipinski definition) is 4. The Labute approximate surface area is 193 Å². The first-order valence-electron chi connectivity index (χ1n) is 9.55. The van der Waals surface area contributed by atoms with Crippen molar-refractivity contribution in [2.45, 2.75) is 12.1 Å². The molecule has 3 aromatic rings. The molecule has 2 aliphatic rings. The molecule has 0 aromatic heterocycles. The molecule has 5 rings (SSSR count). The fourth-order valence-electron chi connectivity index (χ4n) is 4.12. The Bertz CT molecular complexity index is 1190. The minimum atomic E-state index is -0.967. The van der Waals surface area contributed by atoms with Gasteiger partial charge in [0.15, 0.2) is 6.10 Å². The van der Waals surface area contributed by atoms with Crippen molar-refractivity contribution < 1.29 is 14.4 Å². The lowest BCUT2D eigenvalue weighted by Crippen LogP contribution is -2.37. The van der Waals surface area contributed by atoms with Crippen molar-refractivity contribution >= 4 is 58.0 Å². The second-order valence-corrected chi connectivity index (χ2v) is 8.57. The van der Waals surface area contributed by atoms with E-state index in [2.05, 4.69) is 0 Å². The van der Waals surface area contributed by atoms with E-state index in [0.717, 1.165) is 16.2 Å². The average Bonchev–Trinajstić information content (AvgIpc) is 3.27. The average molecular weight is 474 g/mol. The van der Waals surface area contributed by atoms with Crippen molar-refractivity contribution in [2.24, 2.45) is 5.92 Å². The van der Waals surface area contributed by atoms with Crippen molar-refractivity contribution in [3.05, 3.63) is 93.4 Å². The molecular weight excluding hydrogens is 459 g/mol. The first-order chi connectivity index (χ1) is 15.0. The van der Waals surface area contributed by atoms with Crippen LogP contribution in [0.3, 0.4) is 0 Å². The number of para-hydroxylation sites is 1. The van der Waals surface area contributed by atoms with Crippen LogP contribution < -0.4 is 9.96 Å².